The fourth-order valence-corrected chi connectivity index (χ4v) is 2.95. The Bertz CT molecular complexity index is 475. The number of aliphatic hydroxyl groups excluding tert-OH is 1. The number of rotatable bonds is 6. The fourth-order valence-electron chi connectivity index (χ4n) is 2.95. The van der Waals surface area contributed by atoms with Gasteiger partial charge in [0.1, 0.15) is 5.75 Å². The second kappa shape index (κ2) is 8.15. The highest BCUT2D eigenvalue weighted by Gasteiger charge is 2.26. The van der Waals surface area contributed by atoms with Crippen molar-refractivity contribution in [2.45, 2.75) is 38.3 Å². The van der Waals surface area contributed by atoms with E-state index in [4.69, 9.17) is 4.74 Å². The molecule has 2 rings (SSSR count). The summed E-state index contributed by atoms with van der Waals surface area (Å²) in [5.41, 5.74) is 0.991. The maximum atomic E-state index is 12.5. The van der Waals surface area contributed by atoms with Crippen LogP contribution in [0.1, 0.15) is 37.8 Å². The molecule has 1 amide bonds. The zero-order chi connectivity index (χ0) is 15.9. The first-order valence-electron chi connectivity index (χ1n) is 7.92. The van der Waals surface area contributed by atoms with Crippen LogP contribution in [0.15, 0.2) is 24.3 Å². The van der Waals surface area contributed by atoms with Crippen LogP contribution < -0.4 is 15.4 Å². The first-order chi connectivity index (χ1) is 10.6. The molecule has 1 aromatic carbocycles. The number of carbonyl (C=O) groups excluding carboxylic acids is 1. The lowest BCUT2D eigenvalue weighted by Gasteiger charge is -2.29. The SMILES string of the molecule is COc1ccc(C(CCO)NC(=O)[C@H]2CCN[C@@H](C)C2)cc1. The van der Waals surface area contributed by atoms with Gasteiger partial charge in [0, 0.05) is 18.6 Å². The lowest BCUT2D eigenvalue weighted by molar-refractivity contribution is -0.127. The zero-order valence-electron chi connectivity index (χ0n) is 13.3. The smallest absolute Gasteiger partial charge is 0.223 e. The van der Waals surface area contributed by atoms with Gasteiger partial charge in [0.2, 0.25) is 5.91 Å². The Morgan fingerprint density at radius 1 is 1.45 bits per heavy atom. The first-order valence-corrected chi connectivity index (χ1v) is 7.92. The summed E-state index contributed by atoms with van der Waals surface area (Å²) in [6, 6.07) is 7.83. The summed E-state index contributed by atoms with van der Waals surface area (Å²) in [4.78, 5) is 12.5. The Hall–Kier alpha value is -1.59. The van der Waals surface area contributed by atoms with E-state index in [0.717, 1.165) is 30.7 Å². The predicted molar refractivity (Wildman–Crippen MR) is 85.8 cm³/mol. The molecule has 22 heavy (non-hydrogen) atoms. The number of amides is 1. The number of piperidine rings is 1. The van der Waals surface area contributed by atoms with E-state index in [1.807, 2.05) is 24.3 Å². The standard InChI is InChI=1S/C17H26N2O3/c1-12-11-14(7-9-18-12)17(21)19-16(8-10-20)13-3-5-15(22-2)6-4-13/h3-6,12,14,16,18,20H,7-11H2,1-2H3,(H,19,21)/t12-,14-,16?/m0/s1. The minimum Gasteiger partial charge on any atom is -0.497 e. The van der Waals surface area contributed by atoms with Crippen molar-refractivity contribution in [1.82, 2.24) is 10.6 Å². The number of hydrogen-bond acceptors (Lipinski definition) is 4. The van der Waals surface area contributed by atoms with Crippen molar-refractivity contribution in [3.05, 3.63) is 29.8 Å². The summed E-state index contributed by atoms with van der Waals surface area (Å²) in [6.45, 7) is 3.03. The number of ether oxygens (including phenoxy) is 1. The number of hydrogen-bond donors (Lipinski definition) is 3. The molecule has 3 N–H and O–H groups in total. The fraction of sp³-hybridized carbons (Fsp3) is 0.588. The molecule has 5 nitrogen and oxygen atoms in total. The van der Waals surface area contributed by atoms with Crippen LogP contribution in [-0.2, 0) is 4.79 Å². The van der Waals surface area contributed by atoms with Crippen LogP contribution in [0.5, 0.6) is 5.75 Å². The van der Waals surface area contributed by atoms with E-state index in [1.165, 1.54) is 0 Å². The van der Waals surface area contributed by atoms with Crippen LogP contribution in [0.4, 0.5) is 0 Å². The minimum atomic E-state index is -0.159. The highest BCUT2D eigenvalue weighted by atomic mass is 16.5. The van der Waals surface area contributed by atoms with Gasteiger partial charge in [-0.05, 0) is 50.4 Å². The number of carbonyl (C=O) groups is 1. The summed E-state index contributed by atoms with van der Waals surface area (Å²) < 4.78 is 5.15. The molecule has 0 aromatic heterocycles. The van der Waals surface area contributed by atoms with Gasteiger partial charge < -0.3 is 20.5 Å². The maximum Gasteiger partial charge on any atom is 0.223 e. The maximum absolute atomic E-state index is 12.5. The highest BCUT2D eigenvalue weighted by Crippen LogP contribution is 2.22. The van der Waals surface area contributed by atoms with Crippen molar-refractivity contribution in [2.24, 2.45) is 5.92 Å². The van der Waals surface area contributed by atoms with Gasteiger partial charge in [0.15, 0.2) is 0 Å². The van der Waals surface area contributed by atoms with Crippen molar-refractivity contribution in [1.29, 1.82) is 0 Å². The molecule has 1 aromatic rings. The Balaban J connectivity index is 2.02. The molecule has 0 spiro atoms. The van der Waals surface area contributed by atoms with Crippen LogP contribution in [0.25, 0.3) is 0 Å². The van der Waals surface area contributed by atoms with E-state index in [1.54, 1.807) is 7.11 Å². The summed E-state index contributed by atoms with van der Waals surface area (Å²) in [7, 11) is 1.63. The Labute approximate surface area is 132 Å². The third kappa shape index (κ3) is 4.45. The van der Waals surface area contributed by atoms with Crippen molar-refractivity contribution < 1.29 is 14.6 Å². The molecular weight excluding hydrogens is 280 g/mol. The molecule has 1 aliphatic heterocycles. The molecule has 0 bridgehead atoms. The quantitative estimate of drug-likeness (QED) is 0.747. The topological polar surface area (TPSA) is 70.6 Å². The van der Waals surface area contributed by atoms with Gasteiger partial charge in [-0.3, -0.25) is 4.79 Å². The van der Waals surface area contributed by atoms with Gasteiger partial charge in [0.05, 0.1) is 13.2 Å². The minimum absolute atomic E-state index is 0.0413. The number of aliphatic hydroxyl groups is 1. The summed E-state index contributed by atoms with van der Waals surface area (Å²) in [5.74, 6) is 0.920. The molecule has 0 aliphatic carbocycles. The van der Waals surface area contributed by atoms with Crippen LogP contribution in [0.2, 0.25) is 0 Å². The third-order valence-corrected chi connectivity index (χ3v) is 4.25. The van der Waals surface area contributed by atoms with E-state index in [9.17, 15) is 9.90 Å². The number of benzene rings is 1. The number of nitrogens with one attached hydrogen (secondary N) is 2. The average Bonchev–Trinajstić information content (AvgIpc) is 2.54. The second-order valence-corrected chi connectivity index (χ2v) is 5.92. The lowest BCUT2D eigenvalue weighted by atomic mass is 9.91. The van der Waals surface area contributed by atoms with Crippen LogP contribution >= 0.6 is 0 Å². The van der Waals surface area contributed by atoms with Crippen LogP contribution in [-0.4, -0.2) is 37.3 Å². The zero-order valence-corrected chi connectivity index (χ0v) is 13.3. The Morgan fingerprint density at radius 2 is 2.18 bits per heavy atom. The van der Waals surface area contributed by atoms with Crippen molar-refractivity contribution in [3.63, 3.8) is 0 Å². The molecular formula is C17H26N2O3. The largest absolute Gasteiger partial charge is 0.497 e. The van der Waals surface area contributed by atoms with Gasteiger partial charge >= 0.3 is 0 Å². The van der Waals surface area contributed by atoms with Crippen molar-refractivity contribution in [2.75, 3.05) is 20.3 Å². The van der Waals surface area contributed by atoms with Crippen molar-refractivity contribution >= 4 is 5.91 Å². The predicted octanol–water partition coefficient (Wildman–Crippen LogP) is 1.62. The van der Waals surface area contributed by atoms with Crippen molar-refractivity contribution in [3.8, 4) is 5.75 Å². The molecule has 1 saturated heterocycles. The molecule has 1 fully saturated rings. The molecule has 1 heterocycles. The molecule has 3 atom stereocenters. The molecule has 1 unspecified atom stereocenters. The molecule has 122 valence electrons. The Morgan fingerprint density at radius 3 is 2.77 bits per heavy atom. The summed E-state index contributed by atoms with van der Waals surface area (Å²) >= 11 is 0. The molecule has 5 heteroatoms. The second-order valence-electron chi connectivity index (χ2n) is 5.92. The van der Waals surface area contributed by atoms with E-state index in [0.29, 0.717) is 12.5 Å². The van der Waals surface area contributed by atoms with E-state index in [-0.39, 0.29) is 24.5 Å². The molecule has 0 radical (unpaired) electrons. The highest BCUT2D eigenvalue weighted by molar-refractivity contribution is 5.79. The van der Waals surface area contributed by atoms with E-state index >= 15 is 0 Å². The van der Waals surface area contributed by atoms with Gasteiger partial charge in [-0.15, -0.1) is 0 Å². The monoisotopic (exact) mass is 306 g/mol. The third-order valence-electron chi connectivity index (χ3n) is 4.25. The van der Waals surface area contributed by atoms with Gasteiger partial charge in [-0.25, -0.2) is 0 Å². The van der Waals surface area contributed by atoms with Crippen LogP contribution in [0, 0.1) is 5.92 Å². The molecule has 0 saturated carbocycles. The molecule has 1 aliphatic rings. The van der Waals surface area contributed by atoms with Gasteiger partial charge in [0.25, 0.3) is 0 Å². The average molecular weight is 306 g/mol. The van der Waals surface area contributed by atoms with E-state index in [2.05, 4.69) is 17.6 Å². The van der Waals surface area contributed by atoms with E-state index < -0.39 is 0 Å². The van der Waals surface area contributed by atoms with Gasteiger partial charge in [-0.1, -0.05) is 12.1 Å². The Kier molecular flexibility index (Phi) is 6.21. The normalized spacial score (nSPS) is 22.9. The van der Waals surface area contributed by atoms with Crippen LogP contribution in [0.3, 0.4) is 0 Å². The number of methoxy groups -OCH3 is 1. The lowest BCUT2D eigenvalue weighted by Crippen LogP contribution is -2.43. The first kappa shape index (κ1) is 16.8. The summed E-state index contributed by atoms with van der Waals surface area (Å²) in [6.07, 6.45) is 2.24. The van der Waals surface area contributed by atoms with Gasteiger partial charge in [-0.2, -0.15) is 0 Å². The summed E-state index contributed by atoms with van der Waals surface area (Å²) in [5, 5.41) is 15.7.